The van der Waals surface area contributed by atoms with Gasteiger partial charge in [-0.15, -0.1) is 0 Å². The summed E-state index contributed by atoms with van der Waals surface area (Å²) in [6.07, 6.45) is 0. The average molecular weight is 357 g/mol. The zero-order chi connectivity index (χ0) is 16.0. The number of halogens is 1. The Balaban J connectivity index is 2.74. The number of nitrogens with zero attached hydrogens (tertiary/aromatic N) is 2. The molecule has 0 aliphatic heterocycles. The first-order chi connectivity index (χ1) is 9.88. The van der Waals surface area contributed by atoms with Gasteiger partial charge in [-0.05, 0) is 40.7 Å². The fraction of sp³-hybridized carbons (Fsp3) is 0.467. The van der Waals surface area contributed by atoms with Crippen LogP contribution in [0.4, 0.5) is 0 Å². The van der Waals surface area contributed by atoms with Crippen LogP contribution in [0.1, 0.15) is 17.3 Å². The molecule has 0 bridgehead atoms. The first-order valence-corrected chi connectivity index (χ1v) is 7.47. The van der Waals surface area contributed by atoms with Crippen molar-refractivity contribution in [3.05, 3.63) is 28.2 Å². The highest BCUT2D eigenvalue weighted by Crippen LogP contribution is 2.25. The molecule has 0 spiro atoms. The molecule has 0 radical (unpaired) electrons. The Labute approximate surface area is 134 Å². The summed E-state index contributed by atoms with van der Waals surface area (Å²) in [6, 6.07) is 5.22. The molecule has 1 aromatic carbocycles. The largest absolute Gasteiger partial charge is 0.496 e. The number of carbonyl (C=O) groups is 2. The predicted molar refractivity (Wildman–Crippen MR) is 85.8 cm³/mol. The molecule has 116 valence electrons. The molecule has 1 rings (SSSR count). The predicted octanol–water partition coefficient (Wildman–Crippen LogP) is 2.05. The van der Waals surface area contributed by atoms with Crippen LogP contribution in [0.25, 0.3) is 0 Å². The average Bonchev–Trinajstić information content (AvgIpc) is 2.45. The summed E-state index contributed by atoms with van der Waals surface area (Å²) >= 11 is 3.37. The molecule has 0 heterocycles. The van der Waals surface area contributed by atoms with Crippen molar-refractivity contribution in [3.8, 4) is 5.75 Å². The third-order valence-electron chi connectivity index (χ3n) is 3.15. The summed E-state index contributed by atoms with van der Waals surface area (Å²) in [7, 11) is 4.99. The third-order valence-corrected chi connectivity index (χ3v) is 3.77. The van der Waals surface area contributed by atoms with Crippen molar-refractivity contribution in [1.82, 2.24) is 9.80 Å². The topological polar surface area (TPSA) is 49.9 Å². The molecule has 1 aromatic rings. The molecular formula is C15H21BrN2O3. The highest BCUT2D eigenvalue weighted by Gasteiger charge is 2.16. The van der Waals surface area contributed by atoms with Crippen LogP contribution in [0.15, 0.2) is 22.7 Å². The van der Waals surface area contributed by atoms with Gasteiger partial charge in [0.1, 0.15) is 5.75 Å². The number of rotatable bonds is 7. The van der Waals surface area contributed by atoms with E-state index in [-0.39, 0.29) is 24.8 Å². The lowest BCUT2D eigenvalue weighted by Gasteiger charge is -2.21. The number of likely N-dealkylation sites (N-methyl/N-ethyl adjacent to an activating group) is 2. The molecule has 0 N–H and O–H groups in total. The summed E-state index contributed by atoms with van der Waals surface area (Å²) in [4.78, 5) is 27.4. The zero-order valence-electron chi connectivity index (χ0n) is 12.9. The smallest absolute Gasteiger partial charge is 0.236 e. The van der Waals surface area contributed by atoms with Gasteiger partial charge >= 0.3 is 0 Å². The van der Waals surface area contributed by atoms with Gasteiger partial charge in [-0.25, -0.2) is 0 Å². The normalized spacial score (nSPS) is 10.6. The van der Waals surface area contributed by atoms with E-state index in [9.17, 15) is 9.59 Å². The van der Waals surface area contributed by atoms with Gasteiger partial charge < -0.3 is 9.64 Å². The van der Waals surface area contributed by atoms with Crippen LogP contribution in [0.2, 0.25) is 0 Å². The highest BCUT2D eigenvalue weighted by molar-refractivity contribution is 9.10. The SMILES string of the molecule is CCN(CC(=O)c1ccc(OC)c(Br)c1)CC(=O)N(C)C. The van der Waals surface area contributed by atoms with Gasteiger partial charge in [0.25, 0.3) is 0 Å². The van der Waals surface area contributed by atoms with Crippen LogP contribution >= 0.6 is 15.9 Å². The van der Waals surface area contributed by atoms with E-state index in [0.29, 0.717) is 17.9 Å². The molecule has 21 heavy (non-hydrogen) atoms. The van der Waals surface area contributed by atoms with Gasteiger partial charge in [0.05, 0.1) is 24.7 Å². The first-order valence-electron chi connectivity index (χ1n) is 6.68. The van der Waals surface area contributed by atoms with E-state index < -0.39 is 0 Å². The zero-order valence-corrected chi connectivity index (χ0v) is 14.4. The Morgan fingerprint density at radius 2 is 1.90 bits per heavy atom. The lowest BCUT2D eigenvalue weighted by atomic mass is 10.1. The van der Waals surface area contributed by atoms with Crippen LogP contribution in [-0.4, -0.2) is 62.3 Å². The highest BCUT2D eigenvalue weighted by atomic mass is 79.9. The van der Waals surface area contributed by atoms with E-state index in [2.05, 4.69) is 15.9 Å². The molecule has 0 unspecified atom stereocenters. The molecule has 0 saturated carbocycles. The Morgan fingerprint density at radius 1 is 1.24 bits per heavy atom. The molecule has 5 nitrogen and oxygen atoms in total. The van der Waals surface area contributed by atoms with E-state index in [1.165, 1.54) is 4.90 Å². The van der Waals surface area contributed by atoms with Crippen LogP contribution in [0.3, 0.4) is 0 Å². The number of benzene rings is 1. The molecular weight excluding hydrogens is 336 g/mol. The minimum Gasteiger partial charge on any atom is -0.496 e. The van der Waals surface area contributed by atoms with Crippen molar-refractivity contribution in [2.24, 2.45) is 0 Å². The number of carbonyl (C=O) groups excluding carboxylic acids is 2. The molecule has 0 aromatic heterocycles. The van der Waals surface area contributed by atoms with Crippen LogP contribution in [-0.2, 0) is 4.79 Å². The monoisotopic (exact) mass is 356 g/mol. The van der Waals surface area contributed by atoms with Gasteiger partial charge in [-0.1, -0.05) is 6.92 Å². The Hall–Kier alpha value is -1.40. The van der Waals surface area contributed by atoms with Gasteiger partial charge in [0.2, 0.25) is 5.91 Å². The van der Waals surface area contributed by atoms with Crippen LogP contribution in [0.5, 0.6) is 5.75 Å². The van der Waals surface area contributed by atoms with E-state index in [1.807, 2.05) is 11.8 Å². The molecule has 0 atom stereocenters. The second kappa shape index (κ2) is 8.14. The number of amides is 1. The summed E-state index contributed by atoms with van der Waals surface area (Å²) < 4.78 is 5.88. The maximum absolute atomic E-state index is 12.3. The Kier molecular flexibility index (Phi) is 6.84. The van der Waals surface area contributed by atoms with Crippen molar-refractivity contribution in [1.29, 1.82) is 0 Å². The molecule has 0 fully saturated rings. The number of hydrogen-bond acceptors (Lipinski definition) is 4. The molecule has 0 aliphatic rings. The molecule has 0 saturated heterocycles. The van der Waals surface area contributed by atoms with Crippen molar-refractivity contribution in [2.75, 3.05) is 40.8 Å². The van der Waals surface area contributed by atoms with Gasteiger partial charge in [0, 0.05) is 19.7 Å². The fourth-order valence-electron chi connectivity index (χ4n) is 1.75. The minimum absolute atomic E-state index is 0.0134. The molecule has 6 heteroatoms. The summed E-state index contributed by atoms with van der Waals surface area (Å²) in [5.41, 5.74) is 0.596. The lowest BCUT2D eigenvalue weighted by Crippen LogP contribution is -2.39. The lowest BCUT2D eigenvalue weighted by molar-refractivity contribution is -0.129. The second-order valence-electron chi connectivity index (χ2n) is 4.86. The van der Waals surface area contributed by atoms with Crippen LogP contribution in [0, 0.1) is 0 Å². The fourth-order valence-corrected chi connectivity index (χ4v) is 2.29. The number of ketones is 1. The summed E-state index contributed by atoms with van der Waals surface area (Å²) in [5.74, 6) is 0.647. The van der Waals surface area contributed by atoms with E-state index in [4.69, 9.17) is 4.74 Å². The molecule has 1 amide bonds. The van der Waals surface area contributed by atoms with Crippen molar-refractivity contribution >= 4 is 27.6 Å². The first kappa shape index (κ1) is 17.7. The van der Waals surface area contributed by atoms with Gasteiger partial charge in [-0.3, -0.25) is 14.5 Å². The van der Waals surface area contributed by atoms with Gasteiger partial charge in [0.15, 0.2) is 5.78 Å². The summed E-state index contributed by atoms with van der Waals surface area (Å²) in [5, 5.41) is 0. The number of Topliss-reactive ketones (excluding diaryl/α,β-unsaturated/α-hetero) is 1. The van der Waals surface area contributed by atoms with Crippen molar-refractivity contribution in [2.45, 2.75) is 6.92 Å². The number of ether oxygens (including phenoxy) is 1. The Morgan fingerprint density at radius 3 is 2.38 bits per heavy atom. The quantitative estimate of drug-likeness (QED) is 0.701. The van der Waals surface area contributed by atoms with Crippen molar-refractivity contribution < 1.29 is 14.3 Å². The van der Waals surface area contributed by atoms with E-state index >= 15 is 0 Å². The van der Waals surface area contributed by atoms with Gasteiger partial charge in [-0.2, -0.15) is 0 Å². The maximum atomic E-state index is 12.3. The van der Waals surface area contributed by atoms with Crippen LogP contribution < -0.4 is 4.74 Å². The van der Waals surface area contributed by atoms with E-state index in [0.717, 1.165) is 4.47 Å². The molecule has 0 aliphatic carbocycles. The number of methoxy groups -OCH3 is 1. The standard InChI is InChI=1S/C15H21BrN2O3/c1-5-18(10-15(20)17(2)3)9-13(19)11-6-7-14(21-4)12(16)8-11/h6-8H,5,9-10H2,1-4H3. The van der Waals surface area contributed by atoms with E-state index in [1.54, 1.807) is 39.4 Å². The summed E-state index contributed by atoms with van der Waals surface area (Å²) in [6.45, 7) is 3.03. The third kappa shape index (κ3) is 5.13. The Bertz CT molecular complexity index is 518. The second-order valence-corrected chi connectivity index (χ2v) is 5.72. The maximum Gasteiger partial charge on any atom is 0.236 e. The number of hydrogen-bond donors (Lipinski definition) is 0. The van der Waals surface area contributed by atoms with Crippen molar-refractivity contribution in [3.63, 3.8) is 0 Å². The minimum atomic E-state index is -0.0215.